The van der Waals surface area contributed by atoms with Gasteiger partial charge in [-0.3, -0.25) is 4.79 Å². The number of ketones is 1. The molecule has 0 radical (unpaired) electrons. The number of aromatic nitrogens is 1. The number of hydrogen-bond acceptors (Lipinski definition) is 5. The van der Waals surface area contributed by atoms with Crippen LogP contribution in [0, 0.1) is 6.92 Å². The highest BCUT2D eigenvalue weighted by atomic mass is 32.1. The molecule has 0 aliphatic heterocycles. The maximum Gasteiger partial charge on any atom is 0.186 e. The van der Waals surface area contributed by atoms with Crippen molar-refractivity contribution in [2.45, 2.75) is 6.92 Å². The molecule has 0 saturated heterocycles. The molecular weight excluding hydrogens is 274 g/mol. The molecule has 104 valence electrons. The molecular formula is C15H15NO3S. The second-order valence-corrected chi connectivity index (χ2v) is 4.96. The van der Waals surface area contributed by atoms with Crippen molar-refractivity contribution in [3.8, 4) is 11.5 Å². The summed E-state index contributed by atoms with van der Waals surface area (Å²) in [7, 11) is 3.11. The Morgan fingerprint density at radius 2 is 2.00 bits per heavy atom. The molecule has 1 aromatic carbocycles. The van der Waals surface area contributed by atoms with Crippen molar-refractivity contribution in [1.29, 1.82) is 0 Å². The smallest absolute Gasteiger partial charge is 0.186 e. The second-order valence-electron chi connectivity index (χ2n) is 4.07. The van der Waals surface area contributed by atoms with Gasteiger partial charge in [0.1, 0.15) is 0 Å². The SMILES string of the molecule is COc1ccc(C(=O)C=Cc2scnc2C)cc1OC. The topological polar surface area (TPSA) is 48.4 Å². The minimum absolute atomic E-state index is 0.0845. The summed E-state index contributed by atoms with van der Waals surface area (Å²) in [5.41, 5.74) is 3.24. The molecule has 0 fully saturated rings. The lowest BCUT2D eigenvalue weighted by Gasteiger charge is -2.07. The highest BCUT2D eigenvalue weighted by Crippen LogP contribution is 2.28. The Bertz CT molecular complexity index is 646. The number of methoxy groups -OCH3 is 2. The van der Waals surface area contributed by atoms with Crippen molar-refractivity contribution in [1.82, 2.24) is 4.98 Å². The quantitative estimate of drug-likeness (QED) is 0.625. The molecule has 1 aromatic heterocycles. The van der Waals surface area contributed by atoms with Gasteiger partial charge in [-0.1, -0.05) is 0 Å². The largest absolute Gasteiger partial charge is 0.493 e. The second kappa shape index (κ2) is 6.34. The van der Waals surface area contributed by atoms with E-state index in [0.29, 0.717) is 17.1 Å². The van der Waals surface area contributed by atoms with Gasteiger partial charge in [0.25, 0.3) is 0 Å². The van der Waals surface area contributed by atoms with Crippen LogP contribution in [-0.4, -0.2) is 25.0 Å². The van der Waals surface area contributed by atoms with E-state index in [-0.39, 0.29) is 5.78 Å². The summed E-state index contributed by atoms with van der Waals surface area (Å²) >= 11 is 1.51. The number of rotatable bonds is 5. The van der Waals surface area contributed by atoms with Crippen LogP contribution in [0.1, 0.15) is 20.9 Å². The number of ether oxygens (including phenoxy) is 2. The molecule has 0 atom stereocenters. The van der Waals surface area contributed by atoms with Crippen molar-refractivity contribution < 1.29 is 14.3 Å². The van der Waals surface area contributed by atoms with Gasteiger partial charge in [-0.15, -0.1) is 11.3 Å². The lowest BCUT2D eigenvalue weighted by Crippen LogP contribution is -1.97. The first-order valence-corrected chi connectivity index (χ1v) is 6.88. The van der Waals surface area contributed by atoms with Crippen LogP contribution in [0.2, 0.25) is 0 Å². The minimum Gasteiger partial charge on any atom is -0.493 e. The predicted molar refractivity (Wildman–Crippen MR) is 79.8 cm³/mol. The summed E-state index contributed by atoms with van der Waals surface area (Å²) in [5.74, 6) is 1.06. The zero-order valence-electron chi connectivity index (χ0n) is 11.5. The average Bonchev–Trinajstić information content (AvgIpc) is 2.89. The van der Waals surface area contributed by atoms with Gasteiger partial charge in [-0.2, -0.15) is 0 Å². The summed E-state index contributed by atoms with van der Waals surface area (Å²) in [5, 5.41) is 0. The molecule has 0 bridgehead atoms. The monoisotopic (exact) mass is 289 g/mol. The molecule has 1 heterocycles. The molecule has 2 aromatic rings. The molecule has 2 rings (SSSR count). The van der Waals surface area contributed by atoms with Crippen LogP contribution in [0.3, 0.4) is 0 Å². The Kier molecular flexibility index (Phi) is 4.53. The van der Waals surface area contributed by atoms with Gasteiger partial charge in [0, 0.05) is 10.4 Å². The molecule has 0 amide bonds. The Morgan fingerprint density at radius 1 is 1.25 bits per heavy atom. The van der Waals surface area contributed by atoms with E-state index in [1.54, 1.807) is 50.1 Å². The van der Waals surface area contributed by atoms with Gasteiger partial charge in [0.15, 0.2) is 17.3 Å². The molecule has 4 nitrogen and oxygen atoms in total. The summed E-state index contributed by atoms with van der Waals surface area (Å²) < 4.78 is 10.3. The highest BCUT2D eigenvalue weighted by molar-refractivity contribution is 7.10. The lowest BCUT2D eigenvalue weighted by molar-refractivity contribution is 0.104. The van der Waals surface area contributed by atoms with Gasteiger partial charge in [0.2, 0.25) is 0 Å². The Balaban J connectivity index is 2.21. The third kappa shape index (κ3) is 3.05. The van der Waals surface area contributed by atoms with E-state index in [1.807, 2.05) is 6.92 Å². The van der Waals surface area contributed by atoms with Crippen molar-refractivity contribution in [3.63, 3.8) is 0 Å². The molecule has 0 aliphatic carbocycles. The molecule has 5 heteroatoms. The van der Waals surface area contributed by atoms with Crippen LogP contribution < -0.4 is 9.47 Å². The van der Waals surface area contributed by atoms with E-state index in [4.69, 9.17) is 9.47 Å². The van der Waals surface area contributed by atoms with E-state index in [2.05, 4.69) is 4.98 Å². The summed E-state index contributed by atoms with van der Waals surface area (Å²) in [6.45, 7) is 1.91. The number of benzene rings is 1. The van der Waals surface area contributed by atoms with Crippen molar-refractivity contribution in [2.24, 2.45) is 0 Å². The standard InChI is InChI=1S/C15H15NO3S/c1-10-15(20-9-16-10)7-5-12(17)11-4-6-13(18-2)14(8-11)19-3/h4-9H,1-3H3. The average molecular weight is 289 g/mol. The van der Waals surface area contributed by atoms with E-state index < -0.39 is 0 Å². The van der Waals surface area contributed by atoms with Crippen molar-refractivity contribution in [2.75, 3.05) is 14.2 Å². The van der Waals surface area contributed by atoms with Crippen LogP contribution in [-0.2, 0) is 0 Å². The molecule has 0 saturated carbocycles. The Labute approximate surface area is 121 Å². The van der Waals surface area contributed by atoms with Gasteiger partial charge < -0.3 is 9.47 Å². The lowest BCUT2D eigenvalue weighted by atomic mass is 10.1. The molecule has 0 unspecified atom stereocenters. The summed E-state index contributed by atoms with van der Waals surface area (Å²) in [6.07, 6.45) is 3.33. The van der Waals surface area contributed by atoms with Crippen LogP contribution in [0.5, 0.6) is 11.5 Å². The molecule has 0 spiro atoms. The number of aryl methyl sites for hydroxylation is 1. The van der Waals surface area contributed by atoms with Crippen LogP contribution >= 0.6 is 11.3 Å². The Morgan fingerprint density at radius 3 is 2.60 bits per heavy atom. The number of carbonyl (C=O) groups excluding carboxylic acids is 1. The molecule has 20 heavy (non-hydrogen) atoms. The fourth-order valence-electron chi connectivity index (χ4n) is 1.71. The zero-order chi connectivity index (χ0) is 14.5. The van der Waals surface area contributed by atoms with Crippen molar-refractivity contribution in [3.05, 3.63) is 45.9 Å². The number of thiazole rings is 1. The van der Waals surface area contributed by atoms with Gasteiger partial charge in [-0.25, -0.2) is 4.98 Å². The van der Waals surface area contributed by atoms with Crippen LogP contribution in [0.15, 0.2) is 29.8 Å². The first-order valence-electron chi connectivity index (χ1n) is 6.00. The number of nitrogens with zero attached hydrogens (tertiary/aromatic N) is 1. The van der Waals surface area contributed by atoms with E-state index in [1.165, 1.54) is 11.3 Å². The van der Waals surface area contributed by atoms with Crippen LogP contribution in [0.4, 0.5) is 0 Å². The maximum absolute atomic E-state index is 12.1. The molecule has 0 aliphatic rings. The van der Waals surface area contributed by atoms with E-state index >= 15 is 0 Å². The minimum atomic E-state index is -0.0845. The van der Waals surface area contributed by atoms with E-state index in [9.17, 15) is 4.79 Å². The third-order valence-electron chi connectivity index (χ3n) is 2.84. The van der Waals surface area contributed by atoms with E-state index in [0.717, 1.165) is 10.6 Å². The predicted octanol–water partition coefficient (Wildman–Crippen LogP) is 3.36. The number of hydrogen-bond donors (Lipinski definition) is 0. The fourth-order valence-corrected chi connectivity index (χ4v) is 2.40. The number of allylic oxidation sites excluding steroid dienone is 1. The van der Waals surface area contributed by atoms with Crippen LogP contribution in [0.25, 0.3) is 6.08 Å². The fraction of sp³-hybridized carbons (Fsp3) is 0.200. The maximum atomic E-state index is 12.1. The summed E-state index contributed by atoms with van der Waals surface area (Å²) in [6, 6.07) is 5.11. The normalized spacial score (nSPS) is 10.8. The third-order valence-corrected chi connectivity index (χ3v) is 3.73. The van der Waals surface area contributed by atoms with Crippen molar-refractivity contribution >= 4 is 23.2 Å². The van der Waals surface area contributed by atoms with Gasteiger partial charge in [-0.05, 0) is 37.3 Å². The number of carbonyl (C=O) groups is 1. The first kappa shape index (κ1) is 14.3. The Hall–Kier alpha value is -2.14. The summed E-state index contributed by atoms with van der Waals surface area (Å²) in [4.78, 5) is 17.2. The zero-order valence-corrected chi connectivity index (χ0v) is 12.4. The van der Waals surface area contributed by atoms with Gasteiger partial charge >= 0.3 is 0 Å². The first-order chi connectivity index (χ1) is 9.65. The molecule has 0 N–H and O–H groups in total. The highest BCUT2D eigenvalue weighted by Gasteiger charge is 2.08. The van der Waals surface area contributed by atoms with Gasteiger partial charge in [0.05, 0.1) is 25.4 Å².